The number of benzene rings is 4. The summed E-state index contributed by atoms with van der Waals surface area (Å²) in [6, 6.07) is 25.7. The number of carbonyl (C=O) groups is 8. The van der Waals surface area contributed by atoms with Crippen LogP contribution >= 0.6 is 0 Å². The molecule has 80 heavy (non-hydrogen) atoms. The first-order chi connectivity index (χ1) is 37.1. The molecule has 0 amide bonds. The summed E-state index contributed by atoms with van der Waals surface area (Å²) >= 11 is 0. The second-order valence-corrected chi connectivity index (χ2v) is 23.4. The Bertz CT molecular complexity index is 2560. The molecular formula is C60H74O20. The normalized spacial score (nSPS) is 13.9. The molecule has 0 radical (unpaired) electrons. The minimum atomic E-state index is -1.51. The van der Waals surface area contributed by atoms with Crippen LogP contribution in [0.4, 0.5) is 19.2 Å². The van der Waals surface area contributed by atoms with Gasteiger partial charge in [-0.05, 0) is 133 Å². The summed E-state index contributed by atoms with van der Waals surface area (Å²) in [5.41, 5.74) is 3.10. The standard InChI is InChI=1S/C60H74O20/c1-35(69-53(65)77-73-49(61)39-17-25-43(26-18-39)57(5,6)7)33-47(37(3)71-55(67)79-75-51(63)41-21-29-45(30-22-41)59(11,12)13)48(38(4)72-56(68)80-76-52(64)42-23-31-46(32-24-42)60(14,15)16)34-36(2)70-54(66)78-74-50(62)40-19-27-44(28-20-40)58(8,9)10/h17-32,35-38,47-48H,33-34H2,1-16H3. The van der Waals surface area contributed by atoms with Gasteiger partial charge in [-0.1, -0.05) is 132 Å². The minimum absolute atomic E-state index is 0.0535. The van der Waals surface area contributed by atoms with Crippen molar-refractivity contribution in [2.24, 2.45) is 11.8 Å². The molecule has 4 rings (SSSR count). The van der Waals surface area contributed by atoms with Gasteiger partial charge < -0.3 is 18.9 Å². The molecule has 434 valence electrons. The van der Waals surface area contributed by atoms with E-state index in [2.05, 4.69) is 0 Å². The monoisotopic (exact) mass is 1110 g/mol. The van der Waals surface area contributed by atoms with Crippen LogP contribution in [0.5, 0.6) is 0 Å². The molecule has 0 saturated carbocycles. The van der Waals surface area contributed by atoms with Gasteiger partial charge in [0.05, 0.1) is 22.3 Å². The molecule has 0 aromatic heterocycles. The van der Waals surface area contributed by atoms with Gasteiger partial charge in [0.2, 0.25) is 0 Å². The molecule has 0 fully saturated rings. The first kappa shape index (κ1) is 64.4. The van der Waals surface area contributed by atoms with Gasteiger partial charge in [-0.25, -0.2) is 58.3 Å². The molecular weight excluding hydrogens is 1040 g/mol. The maximum Gasteiger partial charge on any atom is 0.550 e. The van der Waals surface area contributed by atoms with Crippen LogP contribution in [0.3, 0.4) is 0 Å². The largest absolute Gasteiger partial charge is 0.550 e. The van der Waals surface area contributed by atoms with Crippen LogP contribution in [0, 0.1) is 11.8 Å². The molecule has 0 N–H and O–H groups in total. The molecule has 20 nitrogen and oxygen atoms in total. The predicted octanol–water partition coefficient (Wildman–Crippen LogP) is 13.4. The van der Waals surface area contributed by atoms with Crippen LogP contribution in [-0.2, 0) is 79.7 Å². The Morgan fingerprint density at radius 3 is 0.675 bits per heavy atom. The van der Waals surface area contributed by atoms with Gasteiger partial charge in [0.1, 0.15) is 24.4 Å². The molecule has 0 aliphatic carbocycles. The van der Waals surface area contributed by atoms with Gasteiger partial charge in [0.25, 0.3) is 0 Å². The number of hydrogen-bond donors (Lipinski definition) is 0. The molecule has 4 aromatic rings. The van der Waals surface area contributed by atoms with Gasteiger partial charge in [-0.3, -0.25) is 0 Å². The average Bonchev–Trinajstić information content (AvgIpc) is 3.38. The Kier molecular flexibility index (Phi) is 22.2. The highest BCUT2D eigenvalue weighted by Crippen LogP contribution is 2.34. The highest BCUT2D eigenvalue weighted by Gasteiger charge is 2.40. The van der Waals surface area contributed by atoms with Gasteiger partial charge in [-0.15, -0.1) is 0 Å². The molecule has 6 atom stereocenters. The van der Waals surface area contributed by atoms with Crippen LogP contribution in [0.2, 0.25) is 0 Å². The smallest absolute Gasteiger partial charge is 0.429 e. The Hall–Kier alpha value is -8.16. The summed E-state index contributed by atoms with van der Waals surface area (Å²) in [6.45, 7) is 29.5. The summed E-state index contributed by atoms with van der Waals surface area (Å²) in [5.74, 6) is -6.32. The topological polar surface area (TPSA) is 247 Å². The quantitative estimate of drug-likeness (QED) is 0.0464. The molecule has 6 unspecified atom stereocenters. The lowest BCUT2D eigenvalue weighted by Gasteiger charge is -2.36. The average molecular weight is 1120 g/mol. The van der Waals surface area contributed by atoms with E-state index in [-0.39, 0.29) is 56.8 Å². The van der Waals surface area contributed by atoms with E-state index >= 15 is 0 Å². The minimum Gasteiger partial charge on any atom is -0.429 e. The zero-order chi connectivity index (χ0) is 59.9. The van der Waals surface area contributed by atoms with Crippen molar-refractivity contribution in [2.45, 2.75) is 170 Å². The van der Waals surface area contributed by atoms with Crippen molar-refractivity contribution in [1.82, 2.24) is 0 Å². The van der Waals surface area contributed by atoms with E-state index in [0.717, 1.165) is 22.3 Å². The van der Waals surface area contributed by atoms with E-state index in [1.807, 2.05) is 83.1 Å². The number of carbonyl (C=O) groups excluding carboxylic acids is 8. The van der Waals surface area contributed by atoms with E-state index < -0.39 is 84.8 Å². The zero-order valence-electron chi connectivity index (χ0n) is 48.3. The molecule has 0 saturated heterocycles. The molecule has 0 aliphatic heterocycles. The SMILES string of the molecule is CC(CC(C(C)OC(=O)OOC(=O)c1ccc(C(C)(C)C)cc1)C(CC(C)OC(=O)OOC(=O)c1ccc(C(C)(C)C)cc1)C(C)OC(=O)OOC(=O)c1ccc(C(C)(C)C)cc1)OC(=O)OOC(=O)c1ccc(C(C)(C)C)cc1. The second kappa shape index (κ2) is 27.6. The zero-order valence-corrected chi connectivity index (χ0v) is 48.3. The van der Waals surface area contributed by atoms with Crippen molar-refractivity contribution in [3.05, 3.63) is 142 Å². The van der Waals surface area contributed by atoms with Crippen LogP contribution < -0.4 is 0 Å². The van der Waals surface area contributed by atoms with Crippen LogP contribution in [0.1, 0.15) is 187 Å². The second-order valence-electron chi connectivity index (χ2n) is 23.4. The highest BCUT2D eigenvalue weighted by molar-refractivity contribution is 5.91. The molecule has 4 aromatic carbocycles. The van der Waals surface area contributed by atoms with Gasteiger partial charge in [-0.2, -0.15) is 19.2 Å². The third-order valence-corrected chi connectivity index (χ3v) is 12.8. The molecule has 0 aliphatic rings. The molecule has 0 spiro atoms. The maximum absolute atomic E-state index is 13.3. The van der Waals surface area contributed by atoms with Gasteiger partial charge >= 0.3 is 48.5 Å². The summed E-state index contributed by atoms with van der Waals surface area (Å²) in [7, 11) is 0. The molecule has 20 heteroatoms. The first-order valence-corrected chi connectivity index (χ1v) is 25.9. The van der Waals surface area contributed by atoms with Gasteiger partial charge in [0.15, 0.2) is 0 Å². The summed E-state index contributed by atoms with van der Waals surface area (Å²) in [6.07, 6.45) is -11.6. The first-order valence-electron chi connectivity index (χ1n) is 25.9. The molecule has 0 bridgehead atoms. The fourth-order valence-electron chi connectivity index (χ4n) is 8.08. The summed E-state index contributed by atoms with van der Waals surface area (Å²) in [5, 5.41) is 0. The van der Waals surface area contributed by atoms with Crippen LogP contribution in [-0.4, -0.2) is 72.9 Å². The molecule has 0 heterocycles. The van der Waals surface area contributed by atoms with Crippen LogP contribution in [0.15, 0.2) is 97.1 Å². The lowest BCUT2D eigenvalue weighted by Crippen LogP contribution is -2.41. The Balaban J connectivity index is 1.58. The fraction of sp³-hybridized carbons (Fsp3) is 0.467. The van der Waals surface area contributed by atoms with Crippen molar-refractivity contribution >= 4 is 48.5 Å². The van der Waals surface area contributed by atoms with E-state index in [9.17, 15) is 38.4 Å². The van der Waals surface area contributed by atoms with E-state index in [1.54, 1.807) is 48.5 Å². The number of hydrogen-bond acceptors (Lipinski definition) is 20. The van der Waals surface area contributed by atoms with Crippen molar-refractivity contribution in [2.75, 3.05) is 0 Å². The Morgan fingerprint density at radius 2 is 0.487 bits per heavy atom. The van der Waals surface area contributed by atoms with Crippen molar-refractivity contribution in [1.29, 1.82) is 0 Å². The van der Waals surface area contributed by atoms with E-state index in [0.29, 0.717) is 0 Å². The lowest BCUT2D eigenvalue weighted by molar-refractivity contribution is -0.217. The van der Waals surface area contributed by atoms with Gasteiger partial charge in [0, 0.05) is 11.8 Å². The van der Waals surface area contributed by atoms with E-state index in [1.165, 1.54) is 76.2 Å². The Labute approximate surface area is 466 Å². The number of rotatable bonds is 15. The predicted molar refractivity (Wildman–Crippen MR) is 287 cm³/mol. The third-order valence-electron chi connectivity index (χ3n) is 12.8. The Morgan fingerprint density at radius 1 is 0.300 bits per heavy atom. The maximum atomic E-state index is 13.3. The lowest BCUT2D eigenvalue weighted by atomic mass is 9.78. The van der Waals surface area contributed by atoms with Crippen molar-refractivity contribution < 1.29 is 96.4 Å². The summed E-state index contributed by atoms with van der Waals surface area (Å²) in [4.78, 5) is 142. The third kappa shape index (κ3) is 20.3. The van der Waals surface area contributed by atoms with E-state index in [4.69, 9.17) is 58.0 Å². The summed E-state index contributed by atoms with van der Waals surface area (Å²) < 4.78 is 22.1. The highest BCUT2D eigenvalue weighted by atomic mass is 17.3. The van der Waals surface area contributed by atoms with Crippen molar-refractivity contribution in [3.63, 3.8) is 0 Å². The number of ether oxygens (including phenoxy) is 4. The van der Waals surface area contributed by atoms with Crippen LogP contribution in [0.25, 0.3) is 0 Å². The fourth-order valence-corrected chi connectivity index (χ4v) is 8.08. The van der Waals surface area contributed by atoms with Crippen molar-refractivity contribution in [3.8, 4) is 0 Å².